The SMILES string of the molecule is COc1ccc(CN2C(=O)/C(=C\c3ccn(C)c3)SC2=Nc2ccccc2)cc1. The van der Waals surface area contributed by atoms with E-state index in [4.69, 9.17) is 9.73 Å². The first-order chi connectivity index (χ1) is 14.1. The lowest BCUT2D eigenvalue weighted by atomic mass is 10.2. The van der Waals surface area contributed by atoms with Gasteiger partial charge in [-0.15, -0.1) is 0 Å². The highest BCUT2D eigenvalue weighted by atomic mass is 32.2. The summed E-state index contributed by atoms with van der Waals surface area (Å²) in [6.45, 7) is 0.452. The molecule has 2 aromatic carbocycles. The minimum atomic E-state index is -0.0376. The van der Waals surface area contributed by atoms with Crippen LogP contribution in [0.1, 0.15) is 11.1 Å². The van der Waals surface area contributed by atoms with Crippen molar-refractivity contribution < 1.29 is 9.53 Å². The first-order valence-electron chi connectivity index (χ1n) is 9.22. The van der Waals surface area contributed by atoms with Gasteiger partial charge in [-0.3, -0.25) is 9.69 Å². The number of hydrogen-bond donors (Lipinski definition) is 0. The number of ether oxygens (including phenoxy) is 1. The van der Waals surface area contributed by atoms with Gasteiger partial charge in [0.05, 0.1) is 24.2 Å². The second-order valence-corrected chi connectivity index (χ2v) is 7.70. The second kappa shape index (κ2) is 8.41. The third-order valence-electron chi connectivity index (χ3n) is 4.52. The van der Waals surface area contributed by atoms with Crippen molar-refractivity contribution in [2.45, 2.75) is 6.54 Å². The zero-order valence-electron chi connectivity index (χ0n) is 16.3. The number of hydrogen-bond acceptors (Lipinski definition) is 4. The van der Waals surface area contributed by atoms with E-state index >= 15 is 0 Å². The van der Waals surface area contributed by atoms with Gasteiger partial charge in [-0.05, 0) is 59.3 Å². The van der Waals surface area contributed by atoms with Crippen molar-refractivity contribution in [3.63, 3.8) is 0 Å². The Kier molecular flexibility index (Phi) is 5.53. The molecule has 0 bridgehead atoms. The van der Waals surface area contributed by atoms with Gasteiger partial charge in [0.2, 0.25) is 0 Å². The molecule has 0 N–H and O–H groups in total. The van der Waals surface area contributed by atoms with Crippen LogP contribution in [0.3, 0.4) is 0 Å². The number of aromatic nitrogens is 1. The Bertz CT molecular complexity index is 1070. The van der Waals surface area contributed by atoms with Gasteiger partial charge >= 0.3 is 0 Å². The molecule has 29 heavy (non-hydrogen) atoms. The largest absolute Gasteiger partial charge is 0.497 e. The highest BCUT2D eigenvalue weighted by Gasteiger charge is 2.33. The number of thioether (sulfide) groups is 1. The van der Waals surface area contributed by atoms with E-state index in [1.165, 1.54) is 11.8 Å². The number of amidine groups is 1. The number of para-hydroxylation sites is 1. The van der Waals surface area contributed by atoms with E-state index in [9.17, 15) is 4.79 Å². The Hall–Kier alpha value is -3.25. The van der Waals surface area contributed by atoms with E-state index in [0.717, 1.165) is 22.6 Å². The highest BCUT2D eigenvalue weighted by molar-refractivity contribution is 8.18. The molecule has 1 saturated heterocycles. The fourth-order valence-electron chi connectivity index (χ4n) is 3.02. The minimum absolute atomic E-state index is 0.0376. The van der Waals surface area contributed by atoms with Crippen LogP contribution in [0.15, 0.2) is 83.0 Å². The molecule has 0 spiro atoms. The Morgan fingerprint density at radius 1 is 1.07 bits per heavy atom. The van der Waals surface area contributed by atoms with E-state index in [1.54, 1.807) is 12.0 Å². The lowest BCUT2D eigenvalue weighted by molar-refractivity contribution is -0.122. The predicted molar refractivity (Wildman–Crippen MR) is 118 cm³/mol. The molecule has 146 valence electrons. The third kappa shape index (κ3) is 4.43. The molecule has 0 saturated carbocycles. The van der Waals surface area contributed by atoms with Crippen LogP contribution in [0.4, 0.5) is 5.69 Å². The Balaban J connectivity index is 1.66. The molecule has 0 unspecified atom stereocenters. The van der Waals surface area contributed by atoms with Gasteiger partial charge in [0.25, 0.3) is 5.91 Å². The van der Waals surface area contributed by atoms with Gasteiger partial charge in [-0.1, -0.05) is 30.3 Å². The Labute approximate surface area is 174 Å². The van der Waals surface area contributed by atoms with Crippen LogP contribution in [0, 0.1) is 0 Å². The van der Waals surface area contributed by atoms with Crippen LogP contribution < -0.4 is 4.74 Å². The van der Waals surface area contributed by atoms with Crippen molar-refractivity contribution in [1.82, 2.24) is 9.47 Å². The number of amides is 1. The van der Waals surface area contributed by atoms with Gasteiger partial charge in [-0.2, -0.15) is 0 Å². The predicted octanol–water partition coefficient (Wildman–Crippen LogP) is 4.84. The summed E-state index contributed by atoms with van der Waals surface area (Å²) in [5.74, 6) is 0.753. The fraction of sp³-hybridized carbons (Fsp3) is 0.130. The summed E-state index contributed by atoms with van der Waals surface area (Å²) in [4.78, 5) is 20.3. The maximum Gasteiger partial charge on any atom is 0.267 e. The zero-order chi connectivity index (χ0) is 20.2. The third-order valence-corrected chi connectivity index (χ3v) is 5.53. The average Bonchev–Trinajstić information content (AvgIpc) is 3.27. The lowest BCUT2D eigenvalue weighted by Gasteiger charge is -2.16. The van der Waals surface area contributed by atoms with E-state index in [0.29, 0.717) is 16.6 Å². The number of carbonyl (C=O) groups is 1. The maximum absolute atomic E-state index is 13.2. The molecule has 1 amide bonds. The van der Waals surface area contributed by atoms with Gasteiger partial charge in [0.15, 0.2) is 5.17 Å². The van der Waals surface area contributed by atoms with Crippen molar-refractivity contribution in [3.05, 3.63) is 89.1 Å². The van der Waals surface area contributed by atoms with Crippen molar-refractivity contribution >= 4 is 34.6 Å². The number of benzene rings is 2. The summed E-state index contributed by atoms with van der Waals surface area (Å²) in [7, 11) is 3.60. The van der Waals surface area contributed by atoms with Crippen molar-refractivity contribution in [2.75, 3.05) is 7.11 Å². The van der Waals surface area contributed by atoms with Gasteiger partial charge in [-0.25, -0.2) is 4.99 Å². The monoisotopic (exact) mass is 403 g/mol. The standard InChI is InChI=1S/C23H21N3O2S/c1-25-13-12-18(15-25)14-21-22(27)26(16-17-8-10-20(28-2)11-9-17)23(29-21)24-19-6-4-3-5-7-19/h3-15H,16H2,1-2H3/b21-14+,24-23?. The molecule has 1 aromatic heterocycles. The molecule has 1 fully saturated rings. The van der Waals surface area contributed by atoms with Crippen LogP contribution in [0.25, 0.3) is 6.08 Å². The number of carbonyl (C=O) groups excluding carboxylic acids is 1. The molecular weight excluding hydrogens is 382 g/mol. The topological polar surface area (TPSA) is 46.8 Å². The summed E-state index contributed by atoms with van der Waals surface area (Å²) in [5, 5.41) is 0.680. The zero-order valence-corrected chi connectivity index (χ0v) is 17.1. The highest BCUT2D eigenvalue weighted by Crippen LogP contribution is 2.35. The number of rotatable bonds is 5. The van der Waals surface area contributed by atoms with E-state index in [1.807, 2.05) is 90.7 Å². The molecule has 2 heterocycles. The lowest BCUT2D eigenvalue weighted by Crippen LogP contribution is -2.28. The molecule has 3 aromatic rings. The minimum Gasteiger partial charge on any atom is -0.497 e. The molecule has 6 heteroatoms. The van der Waals surface area contributed by atoms with Gasteiger partial charge < -0.3 is 9.30 Å². The van der Waals surface area contributed by atoms with Crippen molar-refractivity contribution in [2.24, 2.45) is 12.0 Å². The number of nitrogens with zero attached hydrogens (tertiary/aromatic N) is 3. The maximum atomic E-state index is 13.2. The van der Waals surface area contributed by atoms with Crippen LogP contribution in [0.2, 0.25) is 0 Å². The summed E-state index contributed by atoms with van der Waals surface area (Å²) >= 11 is 1.41. The van der Waals surface area contributed by atoms with Crippen LogP contribution >= 0.6 is 11.8 Å². The van der Waals surface area contributed by atoms with Crippen LogP contribution in [-0.4, -0.2) is 27.7 Å². The van der Waals surface area contributed by atoms with Crippen LogP contribution in [-0.2, 0) is 18.4 Å². The van der Waals surface area contributed by atoms with E-state index in [-0.39, 0.29) is 5.91 Å². The molecular formula is C23H21N3O2S. The molecule has 4 rings (SSSR count). The Morgan fingerprint density at radius 2 is 1.83 bits per heavy atom. The number of aliphatic imine (C=N–C) groups is 1. The molecule has 1 aliphatic rings. The smallest absolute Gasteiger partial charge is 0.267 e. The second-order valence-electron chi connectivity index (χ2n) is 6.69. The van der Waals surface area contributed by atoms with E-state index < -0.39 is 0 Å². The van der Waals surface area contributed by atoms with Crippen molar-refractivity contribution in [3.8, 4) is 5.75 Å². The quantitative estimate of drug-likeness (QED) is 0.573. The summed E-state index contributed by atoms with van der Waals surface area (Å²) in [5.41, 5.74) is 2.83. The molecule has 0 radical (unpaired) electrons. The molecule has 0 aliphatic carbocycles. The summed E-state index contributed by atoms with van der Waals surface area (Å²) in [6.07, 6.45) is 5.87. The number of aryl methyl sites for hydroxylation is 1. The molecule has 1 aliphatic heterocycles. The first kappa shape index (κ1) is 19.1. The Morgan fingerprint density at radius 3 is 2.48 bits per heavy atom. The van der Waals surface area contributed by atoms with E-state index in [2.05, 4.69) is 0 Å². The first-order valence-corrected chi connectivity index (χ1v) is 10.0. The van der Waals surface area contributed by atoms with Crippen LogP contribution in [0.5, 0.6) is 5.75 Å². The average molecular weight is 404 g/mol. The van der Waals surface area contributed by atoms with Gasteiger partial charge in [0.1, 0.15) is 5.75 Å². The molecule has 0 atom stereocenters. The fourth-order valence-corrected chi connectivity index (χ4v) is 4.02. The number of methoxy groups -OCH3 is 1. The molecule has 5 nitrogen and oxygen atoms in total. The van der Waals surface area contributed by atoms with Gasteiger partial charge in [0, 0.05) is 19.4 Å². The normalized spacial score (nSPS) is 16.8. The van der Waals surface area contributed by atoms with Crippen molar-refractivity contribution in [1.29, 1.82) is 0 Å². The summed E-state index contributed by atoms with van der Waals surface area (Å²) < 4.78 is 7.19. The summed E-state index contributed by atoms with van der Waals surface area (Å²) in [6, 6.07) is 19.4.